The van der Waals surface area contributed by atoms with Crippen LogP contribution in [-0.4, -0.2) is 45.0 Å². The van der Waals surface area contributed by atoms with Crippen molar-refractivity contribution >= 4 is 16.8 Å². The first-order valence-electron chi connectivity index (χ1n) is 8.83. The predicted molar refractivity (Wildman–Crippen MR) is 100 cm³/mol. The normalized spacial score (nSPS) is 16.5. The van der Waals surface area contributed by atoms with Gasteiger partial charge < -0.3 is 14.6 Å². The van der Waals surface area contributed by atoms with Gasteiger partial charge in [-0.15, -0.1) is 0 Å². The average molecular weight is 361 g/mol. The van der Waals surface area contributed by atoms with Gasteiger partial charge in [-0.1, -0.05) is 12.1 Å². The molecule has 1 amide bonds. The van der Waals surface area contributed by atoms with E-state index in [0.717, 1.165) is 28.6 Å². The number of carbonyl (C=O) groups excluding carboxylic acids is 1. The minimum Gasteiger partial charge on any atom is -0.471 e. The molecule has 0 radical (unpaired) electrons. The SMILES string of the molecule is CC(=O)N1CCC(Oc2ncc(-c3c[nH]c4c(C#N)cccc34)nc2C)C1. The van der Waals surface area contributed by atoms with E-state index in [1.165, 1.54) is 0 Å². The van der Waals surface area contributed by atoms with Crippen molar-refractivity contribution < 1.29 is 9.53 Å². The Kier molecular flexibility index (Phi) is 4.24. The first-order chi connectivity index (χ1) is 13.1. The van der Waals surface area contributed by atoms with E-state index in [1.807, 2.05) is 25.3 Å². The van der Waals surface area contributed by atoms with Crippen molar-refractivity contribution in [1.82, 2.24) is 19.9 Å². The van der Waals surface area contributed by atoms with Crippen LogP contribution in [0.2, 0.25) is 0 Å². The lowest BCUT2D eigenvalue weighted by molar-refractivity contribution is -0.128. The number of nitrogens with zero attached hydrogens (tertiary/aromatic N) is 4. The highest BCUT2D eigenvalue weighted by atomic mass is 16.5. The van der Waals surface area contributed by atoms with Gasteiger partial charge in [0, 0.05) is 37.0 Å². The zero-order chi connectivity index (χ0) is 19.0. The molecule has 0 spiro atoms. The Balaban J connectivity index is 1.60. The zero-order valence-corrected chi connectivity index (χ0v) is 15.2. The number of nitrogens with one attached hydrogen (secondary N) is 1. The third-order valence-electron chi connectivity index (χ3n) is 4.88. The molecule has 1 unspecified atom stereocenters. The maximum absolute atomic E-state index is 11.5. The van der Waals surface area contributed by atoms with Gasteiger partial charge in [-0.2, -0.15) is 5.26 Å². The number of hydrogen-bond donors (Lipinski definition) is 1. The second-order valence-electron chi connectivity index (χ2n) is 6.68. The van der Waals surface area contributed by atoms with E-state index in [1.54, 1.807) is 24.1 Å². The summed E-state index contributed by atoms with van der Waals surface area (Å²) >= 11 is 0. The summed E-state index contributed by atoms with van der Waals surface area (Å²) in [7, 11) is 0. The van der Waals surface area contributed by atoms with Crippen molar-refractivity contribution in [2.24, 2.45) is 0 Å². The number of fused-ring (bicyclic) bond motifs is 1. The van der Waals surface area contributed by atoms with Crippen molar-refractivity contribution in [3.8, 4) is 23.2 Å². The highest BCUT2D eigenvalue weighted by molar-refractivity contribution is 5.97. The van der Waals surface area contributed by atoms with Crippen LogP contribution >= 0.6 is 0 Å². The van der Waals surface area contributed by atoms with E-state index in [2.05, 4.69) is 21.0 Å². The number of benzene rings is 1. The van der Waals surface area contributed by atoms with Gasteiger partial charge in [0.05, 0.1) is 29.5 Å². The van der Waals surface area contributed by atoms with Crippen LogP contribution in [0.1, 0.15) is 24.6 Å². The molecule has 7 heteroatoms. The molecule has 1 aliphatic heterocycles. The second kappa shape index (κ2) is 6.72. The maximum atomic E-state index is 11.5. The Morgan fingerprint density at radius 3 is 3.00 bits per heavy atom. The lowest BCUT2D eigenvalue weighted by atomic mass is 10.1. The first-order valence-corrected chi connectivity index (χ1v) is 8.83. The van der Waals surface area contributed by atoms with E-state index in [4.69, 9.17) is 4.74 Å². The number of para-hydroxylation sites is 1. The molecule has 136 valence electrons. The summed E-state index contributed by atoms with van der Waals surface area (Å²) in [5.74, 6) is 0.557. The zero-order valence-electron chi connectivity index (χ0n) is 15.2. The summed E-state index contributed by atoms with van der Waals surface area (Å²) < 4.78 is 5.96. The number of aromatic nitrogens is 3. The molecule has 4 rings (SSSR count). The molecular weight excluding hydrogens is 342 g/mol. The largest absolute Gasteiger partial charge is 0.471 e. The molecule has 1 aromatic carbocycles. The van der Waals surface area contributed by atoms with Crippen LogP contribution in [0.15, 0.2) is 30.6 Å². The molecule has 7 nitrogen and oxygen atoms in total. The van der Waals surface area contributed by atoms with Crippen LogP contribution in [-0.2, 0) is 4.79 Å². The van der Waals surface area contributed by atoms with E-state index in [0.29, 0.717) is 30.2 Å². The molecule has 27 heavy (non-hydrogen) atoms. The van der Waals surface area contributed by atoms with Crippen LogP contribution in [0.3, 0.4) is 0 Å². The van der Waals surface area contributed by atoms with Crippen LogP contribution in [0.5, 0.6) is 5.88 Å². The van der Waals surface area contributed by atoms with E-state index in [9.17, 15) is 10.1 Å². The lowest BCUT2D eigenvalue weighted by Crippen LogP contribution is -2.29. The number of hydrogen-bond acceptors (Lipinski definition) is 5. The summed E-state index contributed by atoms with van der Waals surface area (Å²) in [4.78, 5) is 25.5. The highest BCUT2D eigenvalue weighted by Crippen LogP contribution is 2.30. The molecular formula is C20H19N5O2. The Bertz CT molecular complexity index is 1070. The number of H-pyrrole nitrogens is 1. The standard InChI is InChI=1S/C20H19N5O2/c1-12-20(27-15-6-7-25(11-15)13(2)26)23-10-18(24-12)17-9-22-19-14(8-21)4-3-5-16(17)19/h3-5,9-10,15,22H,6-7,11H2,1-2H3. The summed E-state index contributed by atoms with van der Waals surface area (Å²) in [6.07, 6.45) is 4.26. The second-order valence-corrected chi connectivity index (χ2v) is 6.68. The quantitative estimate of drug-likeness (QED) is 0.774. The fourth-order valence-corrected chi connectivity index (χ4v) is 3.44. The van der Waals surface area contributed by atoms with E-state index >= 15 is 0 Å². The van der Waals surface area contributed by atoms with Crippen molar-refractivity contribution in [3.05, 3.63) is 41.9 Å². The van der Waals surface area contributed by atoms with Gasteiger partial charge in [0.1, 0.15) is 17.9 Å². The van der Waals surface area contributed by atoms with Gasteiger partial charge in [0.25, 0.3) is 0 Å². The number of rotatable bonds is 3. The third kappa shape index (κ3) is 3.10. The number of ether oxygens (including phenoxy) is 1. The number of aryl methyl sites for hydroxylation is 1. The van der Waals surface area contributed by atoms with Crippen LogP contribution < -0.4 is 4.74 Å². The number of nitriles is 1. The molecule has 1 aliphatic rings. The summed E-state index contributed by atoms with van der Waals surface area (Å²) in [5, 5.41) is 10.2. The number of aromatic amines is 1. The first kappa shape index (κ1) is 17.0. The molecule has 3 heterocycles. The highest BCUT2D eigenvalue weighted by Gasteiger charge is 2.26. The fourth-order valence-electron chi connectivity index (χ4n) is 3.44. The van der Waals surface area contributed by atoms with E-state index in [-0.39, 0.29) is 12.0 Å². The Hall–Kier alpha value is -3.40. The monoisotopic (exact) mass is 361 g/mol. The van der Waals surface area contributed by atoms with Crippen LogP contribution in [0.4, 0.5) is 0 Å². The number of carbonyl (C=O) groups is 1. The van der Waals surface area contributed by atoms with Gasteiger partial charge in [-0.3, -0.25) is 4.79 Å². The molecule has 0 bridgehead atoms. The molecule has 1 atom stereocenters. The van der Waals surface area contributed by atoms with E-state index < -0.39 is 0 Å². The summed E-state index contributed by atoms with van der Waals surface area (Å²) in [5.41, 5.74) is 3.70. The van der Waals surface area contributed by atoms with Gasteiger partial charge >= 0.3 is 0 Å². The number of amides is 1. The van der Waals surface area contributed by atoms with Gasteiger partial charge in [-0.25, -0.2) is 9.97 Å². The minimum atomic E-state index is -0.0565. The van der Waals surface area contributed by atoms with Crippen LogP contribution in [0, 0.1) is 18.3 Å². The summed E-state index contributed by atoms with van der Waals surface area (Å²) in [6, 6.07) is 7.79. The minimum absolute atomic E-state index is 0.0565. The Labute approximate surface area is 156 Å². The lowest BCUT2D eigenvalue weighted by Gasteiger charge is -2.16. The third-order valence-corrected chi connectivity index (χ3v) is 4.88. The Morgan fingerprint density at radius 1 is 1.44 bits per heavy atom. The van der Waals surface area contributed by atoms with Crippen molar-refractivity contribution in [2.45, 2.75) is 26.4 Å². The average Bonchev–Trinajstić information content (AvgIpc) is 3.30. The van der Waals surface area contributed by atoms with Crippen molar-refractivity contribution in [2.75, 3.05) is 13.1 Å². The summed E-state index contributed by atoms with van der Waals surface area (Å²) in [6.45, 7) is 4.72. The number of likely N-dealkylation sites (tertiary alicyclic amines) is 1. The molecule has 0 saturated carbocycles. The van der Waals surface area contributed by atoms with Crippen LogP contribution in [0.25, 0.3) is 22.2 Å². The maximum Gasteiger partial charge on any atom is 0.235 e. The van der Waals surface area contributed by atoms with Crippen molar-refractivity contribution in [1.29, 1.82) is 5.26 Å². The predicted octanol–water partition coefficient (Wildman–Crippen LogP) is 2.80. The van der Waals surface area contributed by atoms with Gasteiger partial charge in [0.2, 0.25) is 11.8 Å². The topological polar surface area (TPSA) is 94.9 Å². The smallest absolute Gasteiger partial charge is 0.235 e. The van der Waals surface area contributed by atoms with Gasteiger partial charge in [0.15, 0.2) is 0 Å². The molecule has 2 aromatic heterocycles. The Morgan fingerprint density at radius 2 is 2.30 bits per heavy atom. The van der Waals surface area contributed by atoms with Crippen molar-refractivity contribution in [3.63, 3.8) is 0 Å². The fraction of sp³-hybridized carbons (Fsp3) is 0.300. The molecule has 0 aliphatic carbocycles. The molecule has 1 fully saturated rings. The van der Waals surface area contributed by atoms with Gasteiger partial charge in [-0.05, 0) is 13.0 Å². The molecule has 3 aromatic rings. The molecule has 1 N–H and O–H groups in total. The molecule has 1 saturated heterocycles.